The van der Waals surface area contributed by atoms with Gasteiger partial charge in [-0.05, 0) is 44.4 Å². The van der Waals surface area contributed by atoms with Crippen molar-refractivity contribution in [3.8, 4) is 0 Å². The van der Waals surface area contributed by atoms with E-state index in [0.29, 0.717) is 11.3 Å². The van der Waals surface area contributed by atoms with Gasteiger partial charge in [0.25, 0.3) is 0 Å². The lowest BCUT2D eigenvalue weighted by atomic mass is 9.64. The van der Waals surface area contributed by atoms with Crippen LogP contribution in [-0.2, 0) is 0 Å². The van der Waals surface area contributed by atoms with Crippen LogP contribution in [0.2, 0.25) is 0 Å². The molecule has 2 rings (SSSR count). The van der Waals surface area contributed by atoms with Crippen molar-refractivity contribution in [1.29, 1.82) is 0 Å². The van der Waals surface area contributed by atoms with E-state index in [0.717, 1.165) is 36.4 Å². The van der Waals surface area contributed by atoms with E-state index in [9.17, 15) is 0 Å². The molecule has 1 aromatic rings. The quantitative estimate of drug-likeness (QED) is 0.588. The predicted molar refractivity (Wildman–Crippen MR) is 99.5 cm³/mol. The molecule has 5 nitrogen and oxygen atoms in total. The number of aliphatic imine (C=N–C) groups is 1. The lowest BCUT2D eigenvalue weighted by molar-refractivity contribution is 0.104. The minimum absolute atomic E-state index is 0.336. The van der Waals surface area contributed by atoms with E-state index in [1.165, 1.54) is 31.2 Å². The first-order valence-electron chi connectivity index (χ1n) is 9.24. The molecule has 1 saturated carbocycles. The fourth-order valence-corrected chi connectivity index (χ4v) is 4.03. The Kier molecular flexibility index (Phi) is 6.30. The maximum Gasteiger partial charge on any atom is 0.191 e. The molecular weight excluding hydrogens is 300 g/mol. The third-order valence-electron chi connectivity index (χ3n) is 5.27. The van der Waals surface area contributed by atoms with Crippen LogP contribution in [0.1, 0.15) is 69.4 Å². The largest absolute Gasteiger partial charge is 0.361 e. The van der Waals surface area contributed by atoms with E-state index in [1.54, 1.807) is 0 Å². The molecule has 2 N–H and O–H groups in total. The molecule has 1 aliphatic rings. The van der Waals surface area contributed by atoms with Gasteiger partial charge >= 0.3 is 0 Å². The maximum absolute atomic E-state index is 5.28. The highest BCUT2D eigenvalue weighted by Crippen LogP contribution is 2.45. The third kappa shape index (κ3) is 4.52. The molecule has 1 unspecified atom stereocenters. The SMILES string of the molecule is CN=C(NCC(C)c1c(C)noc1C)NCC1(CC(C)C)CCC1. The van der Waals surface area contributed by atoms with E-state index < -0.39 is 0 Å². The van der Waals surface area contributed by atoms with Crippen LogP contribution in [0, 0.1) is 25.2 Å². The molecule has 136 valence electrons. The normalized spacial score (nSPS) is 18.4. The van der Waals surface area contributed by atoms with Crippen molar-refractivity contribution >= 4 is 5.96 Å². The predicted octanol–water partition coefficient (Wildman–Crippen LogP) is 3.78. The molecule has 0 aliphatic heterocycles. The summed E-state index contributed by atoms with van der Waals surface area (Å²) in [6, 6.07) is 0. The number of rotatable bonds is 7. The van der Waals surface area contributed by atoms with Crippen LogP contribution >= 0.6 is 0 Å². The third-order valence-corrected chi connectivity index (χ3v) is 5.27. The average molecular weight is 335 g/mol. The van der Waals surface area contributed by atoms with Crippen molar-refractivity contribution < 1.29 is 4.52 Å². The molecule has 0 amide bonds. The van der Waals surface area contributed by atoms with Gasteiger partial charge in [-0.25, -0.2) is 0 Å². The highest BCUT2D eigenvalue weighted by Gasteiger charge is 2.37. The van der Waals surface area contributed by atoms with Crippen LogP contribution in [0.5, 0.6) is 0 Å². The summed E-state index contributed by atoms with van der Waals surface area (Å²) in [6.45, 7) is 12.6. The summed E-state index contributed by atoms with van der Waals surface area (Å²) in [7, 11) is 1.84. The first kappa shape index (κ1) is 18.8. The van der Waals surface area contributed by atoms with Gasteiger partial charge in [-0.3, -0.25) is 4.99 Å². The van der Waals surface area contributed by atoms with Crippen LogP contribution in [0.3, 0.4) is 0 Å². The van der Waals surface area contributed by atoms with Crippen molar-refractivity contribution in [2.24, 2.45) is 16.3 Å². The fourth-order valence-electron chi connectivity index (χ4n) is 4.03. The van der Waals surface area contributed by atoms with Crippen LogP contribution in [-0.4, -0.2) is 31.3 Å². The van der Waals surface area contributed by atoms with Crippen LogP contribution in [0.25, 0.3) is 0 Å². The lowest BCUT2D eigenvalue weighted by Gasteiger charge is -2.43. The van der Waals surface area contributed by atoms with Crippen molar-refractivity contribution in [2.75, 3.05) is 20.1 Å². The molecule has 0 bridgehead atoms. The second-order valence-corrected chi connectivity index (χ2v) is 7.90. The van der Waals surface area contributed by atoms with Crippen LogP contribution < -0.4 is 10.6 Å². The number of nitrogens with one attached hydrogen (secondary N) is 2. The van der Waals surface area contributed by atoms with Gasteiger partial charge in [-0.1, -0.05) is 32.3 Å². The van der Waals surface area contributed by atoms with Crippen molar-refractivity contribution in [3.05, 3.63) is 17.0 Å². The van der Waals surface area contributed by atoms with Crippen LogP contribution in [0.4, 0.5) is 0 Å². The highest BCUT2D eigenvalue weighted by atomic mass is 16.5. The van der Waals surface area contributed by atoms with Gasteiger partial charge in [0.15, 0.2) is 5.96 Å². The Morgan fingerprint density at radius 2 is 1.96 bits per heavy atom. The van der Waals surface area contributed by atoms with Gasteiger partial charge in [0.05, 0.1) is 5.69 Å². The summed E-state index contributed by atoms with van der Waals surface area (Å²) in [5.74, 6) is 2.89. The number of hydrogen-bond acceptors (Lipinski definition) is 3. The van der Waals surface area contributed by atoms with E-state index in [1.807, 2.05) is 20.9 Å². The summed E-state index contributed by atoms with van der Waals surface area (Å²) in [6.07, 6.45) is 5.34. The van der Waals surface area contributed by atoms with Crippen molar-refractivity contribution in [3.63, 3.8) is 0 Å². The van der Waals surface area contributed by atoms with Gasteiger partial charge in [0.2, 0.25) is 0 Å². The Hall–Kier alpha value is -1.52. The molecular formula is C19H34N4O. The Bertz CT molecular complexity index is 538. The smallest absolute Gasteiger partial charge is 0.191 e. The minimum atomic E-state index is 0.336. The first-order valence-corrected chi connectivity index (χ1v) is 9.24. The summed E-state index contributed by atoms with van der Waals surface area (Å²) in [4.78, 5) is 4.38. The lowest BCUT2D eigenvalue weighted by Crippen LogP contribution is -2.47. The number of aryl methyl sites for hydroxylation is 2. The number of nitrogens with zero attached hydrogens (tertiary/aromatic N) is 2. The average Bonchev–Trinajstić information content (AvgIpc) is 2.82. The summed E-state index contributed by atoms with van der Waals surface area (Å²) in [5.41, 5.74) is 2.65. The zero-order chi connectivity index (χ0) is 17.7. The Morgan fingerprint density at radius 3 is 2.42 bits per heavy atom. The molecule has 1 aliphatic carbocycles. The Balaban J connectivity index is 1.84. The molecule has 5 heteroatoms. The summed E-state index contributed by atoms with van der Waals surface area (Å²) < 4.78 is 5.28. The molecule has 1 aromatic heterocycles. The number of hydrogen-bond donors (Lipinski definition) is 2. The van der Waals surface area contributed by atoms with E-state index in [4.69, 9.17) is 4.52 Å². The Labute approximate surface area is 146 Å². The van der Waals surface area contributed by atoms with Gasteiger partial charge in [-0.2, -0.15) is 0 Å². The summed E-state index contributed by atoms with van der Waals surface area (Å²) in [5, 5.41) is 11.1. The minimum Gasteiger partial charge on any atom is -0.361 e. The molecule has 1 heterocycles. The molecule has 24 heavy (non-hydrogen) atoms. The Morgan fingerprint density at radius 1 is 1.25 bits per heavy atom. The number of aromatic nitrogens is 1. The van der Waals surface area contributed by atoms with Crippen molar-refractivity contribution in [2.45, 2.75) is 66.2 Å². The molecule has 1 fully saturated rings. The fraction of sp³-hybridized carbons (Fsp3) is 0.789. The van der Waals surface area contributed by atoms with Gasteiger partial charge in [0.1, 0.15) is 5.76 Å². The second kappa shape index (κ2) is 8.04. The maximum atomic E-state index is 5.28. The summed E-state index contributed by atoms with van der Waals surface area (Å²) >= 11 is 0. The zero-order valence-corrected chi connectivity index (χ0v) is 16.2. The van der Waals surface area contributed by atoms with Gasteiger partial charge in [-0.15, -0.1) is 0 Å². The van der Waals surface area contributed by atoms with E-state index >= 15 is 0 Å². The van der Waals surface area contributed by atoms with Crippen LogP contribution in [0.15, 0.2) is 9.52 Å². The molecule has 1 atom stereocenters. The van der Waals surface area contributed by atoms with Crippen molar-refractivity contribution in [1.82, 2.24) is 15.8 Å². The van der Waals surface area contributed by atoms with E-state index in [-0.39, 0.29) is 0 Å². The van der Waals surface area contributed by atoms with E-state index in [2.05, 4.69) is 41.6 Å². The molecule has 0 aromatic carbocycles. The standard InChI is InChI=1S/C19H34N4O/c1-13(2)10-19(8-7-9-19)12-22-18(20-6)21-11-14(3)17-15(4)23-24-16(17)5/h13-14H,7-12H2,1-6H3,(H2,20,21,22). The first-order chi connectivity index (χ1) is 11.4. The van der Waals surface area contributed by atoms with Gasteiger partial charge < -0.3 is 15.2 Å². The molecule has 0 spiro atoms. The molecule has 0 radical (unpaired) electrons. The highest BCUT2D eigenvalue weighted by molar-refractivity contribution is 5.79. The number of guanidine groups is 1. The van der Waals surface area contributed by atoms with Gasteiger partial charge in [0, 0.05) is 31.6 Å². The topological polar surface area (TPSA) is 62.5 Å². The monoisotopic (exact) mass is 334 g/mol. The second-order valence-electron chi connectivity index (χ2n) is 7.90. The molecule has 0 saturated heterocycles. The zero-order valence-electron chi connectivity index (χ0n) is 16.2.